The lowest BCUT2D eigenvalue weighted by molar-refractivity contribution is -0.113. The molecule has 0 saturated heterocycles. The lowest BCUT2D eigenvalue weighted by Crippen LogP contribution is -2.14. The van der Waals surface area contributed by atoms with Crippen LogP contribution in [-0.4, -0.2) is 16.2 Å². The summed E-state index contributed by atoms with van der Waals surface area (Å²) in [5, 5.41) is 3.34. The van der Waals surface area contributed by atoms with Gasteiger partial charge >= 0.3 is 0 Å². The summed E-state index contributed by atoms with van der Waals surface area (Å²) in [7, 11) is 0. The van der Waals surface area contributed by atoms with Gasteiger partial charge in [-0.25, -0.2) is 4.98 Å². The number of carbonyl (C=O) groups is 1. The Hall–Kier alpha value is -0.320. The number of aromatic nitrogens is 1. The van der Waals surface area contributed by atoms with Crippen molar-refractivity contribution in [1.29, 1.82) is 0 Å². The molecule has 14 heavy (non-hydrogen) atoms. The molecule has 0 aliphatic carbocycles. The van der Waals surface area contributed by atoms with Crippen molar-refractivity contribution in [3.63, 3.8) is 0 Å². The van der Waals surface area contributed by atoms with E-state index in [0.29, 0.717) is 10.8 Å². The number of alkyl halides is 1. The van der Waals surface area contributed by atoms with Crippen LogP contribution in [0.1, 0.15) is 5.56 Å². The van der Waals surface area contributed by atoms with Crippen molar-refractivity contribution in [2.45, 2.75) is 6.92 Å². The Bertz CT molecular complexity index is 347. The summed E-state index contributed by atoms with van der Waals surface area (Å²) >= 11 is 14.5. The highest BCUT2D eigenvalue weighted by Crippen LogP contribution is 2.26. The molecule has 76 valence electrons. The van der Waals surface area contributed by atoms with Crippen LogP contribution in [0.15, 0.2) is 6.07 Å². The summed E-state index contributed by atoms with van der Waals surface area (Å²) in [5.41, 5.74) is 1.28. The molecule has 6 heteroatoms. The molecule has 0 bridgehead atoms. The Kier molecular flexibility index (Phi) is 4.16. The number of anilines is 1. The Morgan fingerprint density at radius 3 is 2.79 bits per heavy atom. The molecule has 1 rings (SSSR count). The van der Waals surface area contributed by atoms with E-state index in [1.165, 1.54) is 0 Å². The summed E-state index contributed by atoms with van der Waals surface area (Å²) in [6, 6.07) is 1.64. The van der Waals surface area contributed by atoms with Gasteiger partial charge in [0.1, 0.15) is 5.15 Å². The van der Waals surface area contributed by atoms with Gasteiger partial charge in [-0.2, -0.15) is 0 Å². The highest BCUT2D eigenvalue weighted by atomic mass is 79.9. The summed E-state index contributed by atoms with van der Waals surface area (Å²) in [6.07, 6.45) is 0. The number of nitrogens with zero attached hydrogens (tertiary/aromatic N) is 1. The van der Waals surface area contributed by atoms with Gasteiger partial charge in [0.15, 0.2) is 5.15 Å². The molecule has 0 aromatic carbocycles. The SMILES string of the molecule is Cc1cc(Cl)nc(Cl)c1NC(=O)CBr. The van der Waals surface area contributed by atoms with Crippen molar-refractivity contribution < 1.29 is 4.79 Å². The Balaban J connectivity index is 3.02. The van der Waals surface area contributed by atoms with Gasteiger partial charge in [-0.1, -0.05) is 39.1 Å². The third kappa shape index (κ3) is 2.83. The van der Waals surface area contributed by atoms with E-state index in [0.717, 1.165) is 5.56 Å². The van der Waals surface area contributed by atoms with Crippen LogP contribution in [0.4, 0.5) is 5.69 Å². The number of halogens is 3. The van der Waals surface area contributed by atoms with E-state index >= 15 is 0 Å². The fourth-order valence-corrected chi connectivity index (χ4v) is 1.64. The second-order valence-electron chi connectivity index (χ2n) is 2.61. The maximum Gasteiger partial charge on any atom is 0.235 e. The first-order valence-corrected chi connectivity index (χ1v) is 5.60. The van der Waals surface area contributed by atoms with Crippen molar-refractivity contribution in [2.24, 2.45) is 0 Å². The largest absolute Gasteiger partial charge is 0.323 e. The highest BCUT2D eigenvalue weighted by molar-refractivity contribution is 9.09. The van der Waals surface area contributed by atoms with Crippen LogP contribution in [0.3, 0.4) is 0 Å². The van der Waals surface area contributed by atoms with Crippen LogP contribution >= 0.6 is 39.1 Å². The van der Waals surface area contributed by atoms with Gasteiger partial charge in [-0.05, 0) is 18.6 Å². The van der Waals surface area contributed by atoms with Crippen LogP contribution in [-0.2, 0) is 4.79 Å². The molecular weight excluding hydrogens is 291 g/mol. The number of nitrogens with one attached hydrogen (secondary N) is 1. The first-order chi connectivity index (χ1) is 6.54. The molecular formula is C8H7BrCl2N2O. The highest BCUT2D eigenvalue weighted by Gasteiger charge is 2.09. The topological polar surface area (TPSA) is 42.0 Å². The van der Waals surface area contributed by atoms with Crippen LogP contribution in [0.2, 0.25) is 10.3 Å². The second kappa shape index (κ2) is 4.96. The maximum atomic E-state index is 11.1. The van der Waals surface area contributed by atoms with E-state index < -0.39 is 0 Å². The molecule has 0 radical (unpaired) electrons. The molecule has 3 nitrogen and oxygen atoms in total. The number of aryl methyl sites for hydroxylation is 1. The molecule has 1 amide bonds. The van der Waals surface area contributed by atoms with Crippen LogP contribution < -0.4 is 5.32 Å². The van der Waals surface area contributed by atoms with Gasteiger partial charge in [0.2, 0.25) is 5.91 Å². The van der Waals surface area contributed by atoms with Crippen LogP contribution in [0.25, 0.3) is 0 Å². The first kappa shape index (κ1) is 11.8. The molecule has 0 atom stereocenters. The molecule has 0 fully saturated rings. The Morgan fingerprint density at radius 2 is 2.29 bits per heavy atom. The predicted molar refractivity (Wildman–Crippen MR) is 61.4 cm³/mol. The number of amides is 1. The molecule has 1 aromatic rings. The molecule has 0 unspecified atom stereocenters. The third-order valence-corrected chi connectivity index (χ3v) is 2.50. The van der Waals surface area contributed by atoms with Crippen LogP contribution in [0, 0.1) is 6.92 Å². The molecule has 0 saturated carbocycles. The Morgan fingerprint density at radius 1 is 1.64 bits per heavy atom. The van der Waals surface area contributed by atoms with Gasteiger partial charge in [0.05, 0.1) is 11.0 Å². The van der Waals surface area contributed by atoms with Crippen molar-refractivity contribution >= 4 is 50.7 Å². The normalized spacial score (nSPS) is 10.0. The van der Waals surface area contributed by atoms with Crippen molar-refractivity contribution in [3.8, 4) is 0 Å². The monoisotopic (exact) mass is 296 g/mol. The standard InChI is InChI=1S/C8H7BrCl2N2O/c1-4-2-5(10)12-8(11)7(4)13-6(14)3-9/h2H,3H2,1H3,(H,13,14). The summed E-state index contributed by atoms with van der Waals surface area (Å²) in [5.74, 6) is -0.181. The third-order valence-electron chi connectivity index (χ3n) is 1.53. The predicted octanol–water partition coefficient (Wildman–Crippen LogP) is 3.03. The summed E-state index contributed by atoms with van der Waals surface area (Å²) in [6.45, 7) is 1.79. The van der Waals surface area contributed by atoms with Crippen molar-refractivity contribution in [3.05, 3.63) is 21.9 Å². The molecule has 1 heterocycles. The van der Waals surface area contributed by atoms with Crippen molar-refractivity contribution in [2.75, 3.05) is 10.6 Å². The van der Waals surface area contributed by atoms with Crippen LogP contribution in [0.5, 0.6) is 0 Å². The summed E-state index contributed by atoms with van der Waals surface area (Å²) in [4.78, 5) is 14.9. The average molecular weight is 298 g/mol. The minimum atomic E-state index is -0.181. The summed E-state index contributed by atoms with van der Waals surface area (Å²) < 4.78 is 0. The second-order valence-corrected chi connectivity index (χ2v) is 3.92. The number of carbonyl (C=O) groups excluding carboxylic acids is 1. The minimum Gasteiger partial charge on any atom is -0.323 e. The number of hydrogen-bond donors (Lipinski definition) is 1. The molecule has 1 N–H and O–H groups in total. The van der Waals surface area contributed by atoms with E-state index in [1.807, 2.05) is 0 Å². The molecule has 0 aliphatic heterocycles. The molecule has 1 aromatic heterocycles. The minimum absolute atomic E-state index is 0.181. The fraction of sp³-hybridized carbons (Fsp3) is 0.250. The van der Waals surface area contributed by atoms with E-state index in [2.05, 4.69) is 26.2 Å². The fourth-order valence-electron chi connectivity index (χ4n) is 0.918. The van der Waals surface area contributed by atoms with Crippen molar-refractivity contribution in [1.82, 2.24) is 4.98 Å². The number of hydrogen-bond acceptors (Lipinski definition) is 2. The van der Waals surface area contributed by atoms with Gasteiger partial charge in [-0.15, -0.1) is 0 Å². The van der Waals surface area contributed by atoms with E-state index in [1.54, 1.807) is 13.0 Å². The lowest BCUT2D eigenvalue weighted by atomic mass is 10.2. The zero-order chi connectivity index (χ0) is 10.7. The molecule has 0 spiro atoms. The number of pyridine rings is 1. The quantitative estimate of drug-likeness (QED) is 0.673. The van der Waals surface area contributed by atoms with E-state index in [4.69, 9.17) is 23.2 Å². The van der Waals surface area contributed by atoms with E-state index in [-0.39, 0.29) is 16.4 Å². The first-order valence-electron chi connectivity index (χ1n) is 3.73. The average Bonchev–Trinajstić information content (AvgIpc) is 2.10. The van der Waals surface area contributed by atoms with Gasteiger partial charge < -0.3 is 5.32 Å². The molecule has 0 aliphatic rings. The maximum absolute atomic E-state index is 11.1. The van der Waals surface area contributed by atoms with Gasteiger partial charge in [0.25, 0.3) is 0 Å². The van der Waals surface area contributed by atoms with Gasteiger partial charge in [0, 0.05) is 0 Å². The smallest absolute Gasteiger partial charge is 0.235 e. The zero-order valence-electron chi connectivity index (χ0n) is 7.27. The number of rotatable bonds is 2. The Labute approximate surface area is 99.9 Å². The van der Waals surface area contributed by atoms with E-state index in [9.17, 15) is 4.79 Å². The zero-order valence-corrected chi connectivity index (χ0v) is 10.4. The van der Waals surface area contributed by atoms with Gasteiger partial charge in [-0.3, -0.25) is 4.79 Å². The lowest BCUT2D eigenvalue weighted by Gasteiger charge is -2.08.